The first-order valence-corrected chi connectivity index (χ1v) is 11.1. The second-order valence-electron chi connectivity index (χ2n) is 6.07. The smallest absolute Gasteiger partial charge is 0.277 e. The van der Waals surface area contributed by atoms with Crippen LogP contribution in [-0.2, 0) is 5.75 Å². The van der Waals surface area contributed by atoms with Crippen LogP contribution < -0.4 is 5.32 Å². The summed E-state index contributed by atoms with van der Waals surface area (Å²) in [5, 5.41) is 3.95. The molecule has 0 fully saturated rings. The van der Waals surface area contributed by atoms with Gasteiger partial charge in [-0.25, -0.2) is 15.0 Å². The molecule has 2 aromatic carbocycles. The van der Waals surface area contributed by atoms with Crippen molar-refractivity contribution in [3.05, 3.63) is 76.0 Å². The molecule has 0 unspecified atom stereocenters. The Morgan fingerprint density at radius 3 is 2.82 bits per heavy atom. The fourth-order valence-corrected chi connectivity index (χ4v) is 4.64. The number of anilines is 1. The fourth-order valence-electron chi connectivity index (χ4n) is 2.54. The Hall–Kier alpha value is -2.29. The molecule has 0 aliphatic rings. The lowest BCUT2D eigenvalue weighted by Crippen LogP contribution is -2.15. The first kappa shape index (κ1) is 19.0. The topological polar surface area (TPSA) is 67.8 Å². The van der Waals surface area contributed by atoms with E-state index in [0.29, 0.717) is 20.5 Å². The van der Waals surface area contributed by atoms with Crippen LogP contribution in [0.2, 0.25) is 0 Å². The third kappa shape index (κ3) is 4.40. The summed E-state index contributed by atoms with van der Waals surface area (Å²) in [5.74, 6) is 0.424. The zero-order valence-corrected chi connectivity index (χ0v) is 18.1. The Bertz CT molecular complexity index is 1150. The molecular formula is C20H15BrN4OS2. The van der Waals surface area contributed by atoms with E-state index in [1.807, 2.05) is 49.4 Å². The monoisotopic (exact) mass is 470 g/mol. The number of benzene rings is 2. The number of aromatic nitrogens is 3. The highest BCUT2D eigenvalue weighted by atomic mass is 79.9. The van der Waals surface area contributed by atoms with Crippen LogP contribution in [0.25, 0.3) is 10.2 Å². The van der Waals surface area contributed by atoms with Crippen LogP contribution in [0, 0.1) is 6.92 Å². The Morgan fingerprint density at radius 1 is 1.18 bits per heavy atom. The van der Waals surface area contributed by atoms with Crippen LogP contribution in [0.5, 0.6) is 0 Å². The zero-order valence-electron chi connectivity index (χ0n) is 14.8. The Labute approximate surface area is 178 Å². The number of amides is 1. The van der Waals surface area contributed by atoms with E-state index in [0.717, 1.165) is 21.5 Å². The maximum atomic E-state index is 12.7. The van der Waals surface area contributed by atoms with Gasteiger partial charge in [0, 0.05) is 11.9 Å². The molecule has 2 aromatic heterocycles. The van der Waals surface area contributed by atoms with Gasteiger partial charge in [-0.15, -0.1) is 0 Å². The second kappa shape index (κ2) is 8.38. The van der Waals surface area contributed by atoms with Gasteiger partial charge in [-0.2, -0.15) is 0 Å². The Morgan fingerprint density at radius 2 is 2.00 bits per heavy atom. The molecule has 28 heavy (non-hydrogen) atoms. The standard InChI is InChI=1S/C20H15BrN4OS2/c1-12-7-8-15-16(9-12)28-20(23-15)25-18(26)17-14(21)10-22-19(24-17)27-11-13-5-3-2-4-6-13/h2-10H,11H2,1H3,(H,23,25,26). The molecular weight excluding hydrogens is 456 g/mol. The molecule has 1 N–H and O–H groups in total. The number of rotatable bonds is 5. The highest BCUT2D eigenvalue weighted by molar-refractivity contribution is 9.10. The predicted octanol–water partition coefficient (Wildman–Crippen LogP) is 5.70. The van der Waals surface area contributed by atoms with Crippen molar-refractivity contribution in [3.63, 3.8) is 0 Å². The van der Waals surface area contributed by atoms with E-state index in [1.165, 1.54) is 28.7 Å². The van der Waals surface area contributed by atoms with Crippen LogP contribution in [0.4, 0.5) is 5.13 Å². The highest BCUT2D eigenvalue weighted by Crippen LogP contribution is 2.28. The molecule has 2 heterocycles. The van der Waals surface area contributed by atoms with Crippen molar-refractivity contribution < 1.29 is 4.79 Å². The van der Waals surface area contributed by atoms with Gasteiger partial charge < -0.3 is 0 Å². The number of thiazole rings is 1. The van der Waals surface area contributed by atoms with Crippen molar-refractivity contribution in [2.24, 2.45) is 0 Å². The molecule has 0 saturated carbocycles. The van der Waals surface area contributed by atoms with Crippen molar-refractivity contribution in [1.29, 1.82) is 0 Å². The number of hydrogen-bond acceptors (Lipinski definition) is 6. The summed E-state index contributed by atoms with van der Waals surface area (Å²) < 4.78 is 1.59. The quantitative estimate of drug-likeness (QED) is 0.299. The third-order valence-electron chi connectivity index (χ3n) is 3.91. The first-order valence-electron chi connectivity index (χ1n) is 8.46. The van der Waals surface area contributed by atoms with Crippen LogP contribution in [0.1, 0.15) is 21.6 Å². The van der Waals surface area contributed by atoms with E-state index >= 15 is 0 Å². The van der Waals surface area contributed by atoms with Crippen LogP contribution >= 0.6 is 39.0 Å². The van der Waals surface area contributed by atoms with Gasteiger partial charge in [0.05, 0.1) is 14.7 Å². The molecule has 4 aromatic rings. The van der Waals surface area contributed by atoms with Gasteiger partial charge >= 0.3 is 0 Å². The van der Waals surface area contributed by atoms with E-state index in [4.69, 9.17) is 0 Å². The molecule has 0 aliphatic heterocycles. The number of fused-ring (bicyclic) bond motifs is 1. The van der Waals surface area contributed by atoms with Gasteiger partial charge in [-0.05, 0) is 46.1 Å². The van der Waals surface area contributed by atoms with E-state index in [1.54, 1.807) is 6.20 Å². The lowest BCUT2D eigenvalue weighted by molar-refractivity contribution is 0.102. The van der Waals surface area contributed by atoms with E-state index < -0.39 is 0 Å². The van der Waals surface area contributed by atoms with Gasteiger partial charge in [0.2, 0.25) is 0 Å². The Kier molecular flexibility index (Phi) is 5.70. The van der Waals surface area contributed by atoms with E-state index in [-0.39, 0.29) is 5.91 Å². The number of aryl methyl sites for hydroxylation is 1. The molecule has 8 heteroatoms. The zero-order chi connectivity index (χ0) is 19.5. The number of carbonyl (C=O) groups excluding carboxylic acids is 1. The van der Waals surface area contributed by atoms with Gasteiger partial charge in [-0.1, -0.05) is 59.5 Å². The summed E-state index contributed by atoms with van der Waals surface area (Å²) in [6, 6.07) is 16.1. The Balaban J connectivity index is 1.51. The molecule has 0 saturated heterocycles. The summed E-state index contributed by atoms with van der Waals surface area (Å²) >= 11 is 6.31. The van der Waals surface area contributed by atoms with Gasteiger partial charge in [0.15, 0.2) is 10.3 Å². The van der Waals surface area contributed by atoms with Gasteiger partial charge in [-0.3, -0.25) is 10.1 Å². The van der Waals surface area contributed by atoms with Crippen molar-refractivity contribution >= 4 is 60.3 Å². The highest BCUT2D eigenvalue weighted by Gasteiger charge is 2.16. The maximum Gasteiger partial charge on any atom is 0.277 e. The third-order valence-corrected chi connectivity index (χ3v) is 6.36. The largest absolute Gasteiger partial charge is 0.296 e. The summed E-state index contributed by atoms with van der Waals surface area (Å²) in [5.41, 5.74) is 3.50. The van der Waals surface area contributed by atoms with Crippen LogP contribution in [-0.4, -0.2) is 20.9 Å². The lowest BCUT2D eigenvalue weighted by atomic mass is 10.2. The SMILES string of the molecule is Cc1ccc2nc(NC(=O)c3nc(SCc4ccccc4)ncc3Br)sc2c1. The molecule has 5 nitrogen and oxygen atoms in total. The van der Waals surface area contributed by atoms with E-state index in [2.05, 4.69) is 42.3 Å². The number of halogens is 1. The molecule has 0 bridgehead atoms. The molecule has 0 atom stereocenters. The number of nitrogens with one attached hydrogen (secondary N) is 1. The van der Waals surface area contributed by atoms with Gasteiger partial charge in [0.1, 0.15) is 5.69 Å². The second-order valence-corrected chi connectivity index (χ2v) is 8.90. The van der Waals surface area contributed by atoms with E-state index in [9.17, 15) is 4.79 Å². The number of hydrogen-bond donors (Lipinski definition) is 1. The van der Waals surface area contributed by atoms with Crippen molar-refractivity contribution in [2.45, 2.75) is 17.8 Å². The normalized spacial score (nSPS) is 10.9. The van der Waals surface area contributed by atoms with Crippen LogP contribution in [0.3, 0.4) is 0 Å². The summed E-state index contributed by atoms with van der Waals surface area (Å²) in [6.45, 7) is 2.03. The summed E-state index contributed by atoms with van der Waals surface area (Å²) in [4.78, 5) is 25.9. The molecule has 4 rings (SSSR count). The first-order chi connectivity index (χ1) is 13.6. The average Bonchev–Trinajstić information content (AvgIpc) is 3.09. The van der Waals surface area contributed by atoms with Crippen LogP contribution in [0.15, 0.2) is 64.4 Å². The minimum atomic E-state index is -0.313. The van der Waals surface area contributed by atoms with Crippen molar-refractivity contribution in [1.82, 2.24) is 15.0 Å². The number of carbonyl (C=O) groups is 1. The molecule has 1 amide bonds. The summed E-state index contributed by atoms with van der Waals surface area (Å²) in [6.07, 6.45) is 1.61. The van der Waals surface area contributed by atoms with Crippen molar-refractivity contribution in [2.75, 3.05) is 5.32 Å². The number of nitrogens with zero attached hydrogens (tertiary/aromatic N) is 3. The van der Waals surface area contributed by atoms with Crippen molar-refractivity contribution in [3.8, 4) is 0 Å². The minimum absolute atomic E-state index is 0.293. The molecule has 0 radical (unpaired) electrons. The molecule has 0 spiro atoms. The maximum absolute atomic E-state index is 12.7. The molecule has 140 valence electrons. The number of thioether (sulfide) groups is 1. The summed E-state index contributed by atoms with van der Waals surface area (Å²) in [7, 11) is 0. The predicted molar refractivity (Wildman–Crippen MR) is 118 cm³/mol. The fraction of sp³-hybridized carbons (Fsp3) is 0.100. The molecule has 0 aliphatic carbocycles. The lowest BCUT2D eigenvalue weighted by Gasteiger charge is -2.06. The minimum Gasteiger partial charge on any atom is -0.296 e. The van der Waals surface area contributed by atoms with Gasteiger partial charge in [0.25, 0.3) is 5.91 Å². The average molecular weight is 471 g/mol.